The van der Waals surface area contributed by atoms with Gasteiger partial charge in [-0.2, -0.15) is 18.3 Å². The van der Waals surface area contributed by atoms with E-state index in [0.29, 0.717) is 5.75 Å². The third-order valence-electron chi connectivity index (χ3n) is 1.44. The van der Waals surface area contributed by atoms with Crippen LogP contribution in [0.1, 0.15) is 0 Å². The van der Waals surface area contributed by atoms with E-state index in [9.17, 15) is 13.2 Å². The topological polar surface area (TPSA) is 36.3 Å². The standard InChI is InChI=1S/C8H11F3N2O2/c1-13-5-7(4-12-13)15-3-2-14-6-8(9,10)11/h4-5H,2-3,6H2,1H3. The molecule has 0 N–H and O–H groups in total. The lowest BCUT2D eigenvalue weighted by Crippen LogP contribution is -2.19. The molecule has 0 saturated carbocycles. The van der Waals surface area contributed by atoms with E-state index in [2.05, 4.69) is 9.84 Å². The van der Waals surface area contributed by atoms with Crippen LogP contribution in [-0.2, 0) is 11.8 Å². The second-order valence-electron chi connectivity index (χ2n) is 2.87. The molecule has 0 aliphatic carbocycles. The average Bonchev–Trinajstić information content (AvgIpc) is 2.49. The molecule has 0 aromatic carbocycles. The van der Waals surface area contributed by atoms with E-state index in [1.165, 1.54) is 10.9 Å². The van der Waals surface area contributed by atoms with Crippen molar-refractivity contribution in [1.82, 2.24) is 9.78 Å². The Bertz CT molecular complexity index is 298. The van der Waals surface area contributed by atoms with Gasteiger partial charge in [0.1, 0.15) is 13.2 Å². The third-order valence-corrected chi connectivity index (χ3v) is 1.44. The van der Waals surface area contributed by atoms with Crippen molar-refractivity contribution in [2.24, 2.45) is 7.05 Å². The second kappa shape index (κ2) is 5.01. The minimum Gasteiger partial charge on any atom is -0.488 e. The maximum absolute atomic E-state index is 11.6. The van der Waals surface area contributed by atoms with Crippen molar-refractivity contribution >= 4 is 0 Å². The molecule has 0 amide bonds. The smallest absolute Gasteiger partial charge is 0.411 e. The van der Waals surface area contributed by atoms with Gasteiger partial charge in [0.15, 0.2) is 5.75 Å². The molecule has 0 radical (unpaired) electrons. The summed E-state index contributed by atoms with van der Waals surface area (Å²) in [5, 5.41) is 3.83. The van der Waals surface area contributed by atoms with Crippen molar-refractivity contribution in [1.29, 1.82) is 0 Å². The highest BCUT2D eigenvalue weighted by molar-refractivity contribution is 5.10. The largest absolute Gasteiger partial charge is 0.488 e. The molecule has 0 unspecified atom stereocenters. The summed E-state index contributed by atoms with van der Waals surface area (Å²) in [4.78, 5) is 0. The summed E-state index contributed by atoms with van der Waals surface area (Å²) in [5.41, 5.74) is 0. The van der Waals surface area contributed by atoms with Gasteiger partial charge in [-0.1, -0.05) is 0 Å². The highest BCUT2D eigenvalue weighted by Crippen LogP contribution is 2.14. The molecule has 7 heteroatoms. The highest BCUT2D eigenvalue weighted by Gasteiger charge is 2.27. The first kappa shape index (κ1) is 11.8. The predicted octanol–water partition coefficient (Wildman–Crippen LogP) is 1.38. The van der Waals surface area contributed by atoms with Crippen LogP contribution in [0.15, 0.2) is 12.4 Å². The Kier molecular flexibility index (Phi) is 3.96. The van der Waals surface area contributed by atoms with Gasteiger partial charge in [0.05, 0.1) is 19.0 Å². The molecule has 0 fully saturated rings. The summed E-state index contributed by atoms with van der Waals surface area (Å²) in [6, 6.07) is 0. The first-order valence-corrected chi connectivity index (χ1v) is 4.23. The summed E-state index contributed by atoms with van der Waals surface area (Å²) < 4.78 is 45.8. The van der Waals surface area contributed by atoms with Crippen LogP contribution in [0.25, 0.3) is 0 Å². The summed E-state index contributed by atoms with van der Waals surface area (Å²) >= 11 is 0. The third kappa shape index (κ3) is 5.26. The zero-order valence-corrected chi connectivity index (χ0v) is 8.12. The van der Waals surface area contributed by atoms with Crippen molar-refractivity contribution in [3.63, 3.8) is 0 Å². The van der Waals surface area contributed by atoms with Gasteiger partial charge in [-0.05, 0) is 0 Å². The van der Waals surface area contributed by atoms with Gasteiger partial charge in [0, 0.05) is 7.05 Å². The summed E-state index contributed by atoms with van der Waals surface area (Å²) in [6.07, 6.45) is -1.19. The molecule has 1 aromatic rings. The molecule has 0 spiro atoms. The first-order valence-electron chi connectivity index (χ1n) is 4.23. The lowest BCUT2D eigenvalue weighted by atomic mass is 10.6. The van der Waals surface area contributed by atoms with Gasteiger partial charge < -0.3 is 9.47 Å². The second-order valence-corrected chi connectivity index (χ2v) is 2.87. The minimum absolute atomic E-state index is 0.0712. The van der Waals surface area contributed by atoms with E-state index in [1.54, 1.807) is 13.2 Å². The number of hydrogen-bond donors (Lipinski definition) is 0. The van der Waals surface area contributed by atoms with E-state index >= 15 is 0 Å². The lowest BCUT2D eigenvalue weighted by molar-refractivity contribution is -0.175. The minimum atomic E-state index is -4.28. The number of rotatable bonds is 5. The Morgan fingerprint density at radius 2 is 2.13 bits per heavy atom. The van der Waals surface area contributed by atoms with Gasteiger partial charge in [-0.25, -0.2) is 0 Å². The summed E-state index contributed by atoms with van der Waals surface area (Å²) in [6.45, 7) is -1.28. The fraction of sp³-hybridized carbons (Fsp3) is 0.625. The van der Waals surface area contributed by atoms with Crippen molar-refractivity contribution in [3.8, 4) is 5.75 Å². The van der Waals surface area contributed by atoms with Gasteiger partial charge in [-0.3, -0.25) is 4.68 Å². The number of ether oxygens (including phenoxy) is 2. The molecule has 4 nitrogen and oxygen atoms in total. The molecule has 0 atom stereocenters. The van der Waals surface area contributed by atoms with Crippen LogP contribution in [0, 0.1) is 0 Å². The zero-order valence-electron chi connectivity index (χ0n) is 8.12. The fourth-order valence-electron chi connectivity index (χ4n) is 0.880. The Hall–Kier alpha value is -1.24. The monoisotopic (exact) mass is 224 g/mol. The lowest BCUT2D eigenvalue weighted by Gasteiger charge is -2.07. The zero-order chi connectivity index (χ0) is 11.3. The summed E-state index contributed by atoms with van der Waals surface area (Å²) in [7, 11) is 1.72. The number of aromatic nitrogens is 2. The van der Waals surface area contributed by atoms with Crippen molar-refractivity contribution in [2.45, 2.75) is 6.18 Å². The van der Waals surface area contributed by atoms with E-state index in [-0.39, 0.29) is 13.2 Å². The van der Waals surface area contributed by atoms with Crippen LogP contribution in [0.5, 0.6) is 5.75 Å². The Morgan fingerprint density at radius 1 is 1.40 bits per heavy atom. The number of hydrogen-bond acceptors (Lipinski definition) is 3. The van der Waals surface area contributed by atoms with E-state index < -0.39 is 12.8 Å². The highest BCUT2D eigenvalue weighted by atomic mass is 19.4. The van der Waals surface area contributed by atoms with Crippen LogP contribution >= 0.6 is 0 Å². The van der Waals surface area contributed by atoms with E-state index in [0.717, 1.165) is 0 Å². The van der Waals surface area contributed by atoms with Crippen LogP contribution < -0.4 is 4.74 Å². The molecule has 0 aliphatic rings. The first-order chi connectivity index (χ1) is 6.97. The molecule has 0 saturated heterocycles. The molecular formula is C8H11F3N2O2. The Morgan fingerprint density at radius 3 is 2.67 bits per heavy atom. The maximum atomic E-state index is 11.6. The van der Waals surface area contributed by atoms with E-state index in [4.69, 9.17) is 4.74 Å². The van der Waals surface area contributed by atoms with Gasteiger partial charge in [0.2, 0.25) is 0 Å². The SMILES string of the molecule is Cn1cc(OCCOCC(F)(F)F)cn1. The molecule has 1 heterocycles. The van der Waals surface area contributed by atoms with Crippen molar-refractivity contribution < 1.29 is 22.6 Å². The Balaban J connectivity index is 2.07. The van der Waals surface area contributed by atoms with E-state index in [1.807, 2.05) is 0 Å². The number of nitrogens with zero attached hydrogens (tertiary/aromatic N) is 2. The molecule has 15 heavy (non-hydrogen) atoms. The van der Waals surface area contributed by atoms with Gasteiger partial charge in [-0.15, -0.1) is 0 Å². The molecule has 1 aromatic heterocycles. The number of halogens is 3. The quantitative estimate of drug-likeness (QED) is 0.709. The molecule has 0 aliphatic heterocycles. The fourth-order valence-corrected chi connectivity index (χ4v) is 0.880. The molecule has 0 bridgehead atoms. The molecule has 86 valence electrons. The van der Waals surface area contributed by atoms with Crippen LogP contribution in [0.4, 0.5) is 13.2 Å². The van der Waals surface area contributed by atoms with Crippen LogP contribution in [0.3, 0.4) is 0 Å². The van der Waals surface area contributed by atoms with Gasteiger partial charge >= 0.3 is 6.18 Å². The maximum Gasteiger partial charge on any atom is 0.411 e. The van der Waals surface area contributed by atoms with Crippen molar-refractivity contribution in [3.05, 3.63) is 12.4 Å². The van der Waals surface area contributed by atoms with Crippen LogP contribution in [-0.4, -0.2) is 35.8 Å². The van der Waals surface area contributed by atoms with Gasteiger partial charge in [0.25, 0.3) is 0 Å². The molecular weight excluding hydrogens is 213 g/mol. The Labute approximate surface area is 84.6 Å². The van der Waals surface area contributed by atoms with Crippen LogP contribution in [0.2, 0.25) is 0 Å². The number of aryl methyl sites for hydroxylation is 1. The molecule has 1 rings (SSSR count). The average molecular weight is 224 g/mol. The number of alkyl halides is 3. The van der Waals surface area contributed by atoms with Crippen molar-refractivity contribution in [2.75, 3.05) is 19.8 Å². The predicted molar refractivity (Wildman–Crippen MR) is 45.6 cm³/mol. The summed E-state index contributed by atoms with van der Waals surface area (Å²) in [5.74, 6) is 0.508. The normalized spacial score (nSPS) is 11.7.